The molecule has 0 saturated carbocycles. The minimum atomic E-state index is -0.478. The summed E-state index contributed by atoms with van der Waals surface area (Å²) in [6.07, 6.45) is 1.16. The molecule has 0 aromatic heterocycles. The molecule has 1 unspecified atom stereocenters. The quantitative estimate of drug-likeness (QED) is 0.771. The Bertz CT molecular complexity index is 384. The highest BCUT2D eigenvalue weighted by atomic mass is 16.5. The van der Waals surface area contributed by atoms with E-state index in [2.05, 4.69) is 0 Å². The van der Waals surface area contributed by atoms with Crippen LogP contribution in [0.3, 0.4) is 0 Å². The van der Waals surface area contributed by atoms with Crippen LogP contribution in [-0.4, -0.2) is 11.1 Å². The predicted molar refractivity (Wildman–Crippen MR) is 55.4 cm³/mol. The third-order valence-electron chi connectivity index (χ3n) is 2.66. The molecule has 0 aliphatic carbocycles. The Morgan fingerprint density at radius 1 is 1.53 bits per heavy atom. The number of carbonyl (C=O) groups excluding carboxylic acids is 1. The van der Waals surface area contributed by atoms with Gasteiger partial charge in [-0.1, -0.05) is 25.5 Å². The number of benzene rings is 1. The fraction of sp³-hybridized carbons (Fsp3) is 0.417. The minimum Gasteiger partial charge on any atom is -0.457 e. The monoisotopic (exact) mass is 206 g/mol. The van der Waals surface area contributed by atoms with Crippen LogP contribution in [0.15, 0.2) is 18.2 Å². The topological polar surface area (TPSA) is 46.5 Å². The lowest BCUT2D eigenvalue weighted by Crippen LogP contribution is -2.00. The van der Waals surface area contributed by atoms with Crippen LogP contribution in [0.25, 0.3) is 0 Å². The minimum absolute atomic E-state index is 0.282. The highest BCUT2D eigenvalue weighted by Gasteiger charge is 2.22. The summed E-state index contributed by atoms with van der Waals surface area (Å²) in [4.78, 5) is 11.3. The van der Waals surface area contributed by atoms with Crippen molar-refractivity contribution in [2.75, 3.05) is 0 Å². The number of hydrogen-bond acceptors (Lipinski definition) is 3. The molecule has 0 fully saturated rings. The van der Waals surface area contributed by atoms with Crippen molar-refractivity contribution < 1.29 is 14.6 Å². The largest absolute Gasteiger partial charge is 0.457 e. The van der Waals surface area contributed by atoms with Crippen molar-refractivity contribution in [1.29, 1.82) is 0 Å². The van der Waals surface area contributed by atoms with E-state index < -0.39 is 6.10 Å². The molecule has 1 atom stereocenters. The van der Waals surface area contributed by atoms with Gasteiger partial charge in [0.15, 0.2) is 0 Å². The molecule has 1 aromatic rings. The molecule has 3 heteroatoms. The van der Waals surface area contributed by atoms with Crippen molar-refractivity contribution in [2.24, 2.45) is 0 Å². The summed E-state index contributed by atoms with van der Waals surface area (Å²) in [5.41, 5.74) is 2.31. The van der Waals surface area contributed by atoms with E-state index in [0.717, 1.165) is 17.5 Å². The van der Waals surface area contributed by atoms with Crippen molar-refractivity contribution in [3.63, 3.8) is 0 Å². The second kappa shape index (κ2) is 4.03. The Morgan fingerprint density at radius 2 is 2.33 bits per heavy atom. The first kappa shape index (κ1) is 10.2. The lowest BCUT2D eigenvalue weighted by Gasteiger charge is -2.09. The first-order chi connectivity index (χ1) is 7.22. The van der Waals surface area contributed by atoms with Gasteiger partial charge in [0, 0.05) is 5.56 Å². The van der Waals surface area contributed by atoms with E-state index in [9.17, 15) is 9.90 Å². The zero-order chi connectivity index (χ0) is 10.8. The van der Waals surface area contributed by atoms with Gasteiger partial charge in [-0.25, -0.2) is 4.79 Å². The summed E-state index contributed by atoms with van der Waals surface area (Å²) in [6.45, 7) is 2.38. The number of carbonyl (C=O) groups is 1. The second-order valence-corrected chi connectivity index (χ2v) is 3.80. The van der Waals surface area contributed by atoms with Crippen LogP contribution in [-0.2, 0) is 11.3 Å². The number of hydrogen-bond donors (Lipinski definition) is 1. The van der Waals surface area contributed by atoms with E-state index in [1.807, 2.05) is 19.1 Å². The van der Waals surface area contributed by atoms with Gasteiger partial charge < -0.3 is 9.84 Å². The van der Waals surface area contributed by atoms with E-state index >= 15 is 0 Å². The van der Waals surface area contributed by atoms with Gasteiger partial charge in [-0.3, -0.25) is 0 Å². The number of rotatable bonds is 3. The third-order valence-corrected chi connectivity index (χ3v) is 2.66. The Morgan fingerprint density at radius 3 is 3.07 bits per heavy atom. The molecule has 1 aliphatic heterocycles. The summed E-state index contributed by atoms with van der Waals surface area (Å²) in [5.74, 6) is -0.282. The molecule has 0 spiro atoms. The molecule has 2 rings (SSSR count). The Balaban J connectivity index is 2.29. The number of aliphatic hydroxyl groups is 1. The molecule has 0 saturated heterocycles. The standard InChI is InChI=1S/C12H14O3/c1-2-3-11(13)8-4-5-9-7-15-12(14)10(9)6-8/h4-6,11,13H,2-3,7H2,1H3. The maximum atomic E-state index is 11.3. The molecule has 3 nitrogen and oxygen atoms in total. The van der Waals surface area contributed by atoms with Crippen LogP contribution >= 0.6 is 0 Å². The van der Waals surface area contributed by atoms with Gasteiger partial charge in [0.05, 0.1) is 11.7 Å². The normalized spacial score (nSPS) is 16.0. The average molecular weight is 206 g/mol. The average Bonchev–Trinajstić information content (AvgIpc) is 2.60. The Kier molecular flexibility index (Phi) is 2.73. The Labute approximate surface area is 88.7 Å². The maximum absolute atomic E-state index is 11.3. The highest BCUT2D eigenvalue weighted by Crippen LogP contribution is 2.25. The van der Waals surface area contributed by atoms with E-state index in [1.165, 1.54) is 0 Å². The SMILES string of the molecule is CCCC(O)c1ccc2c(c1)C(=O)OC2. The molecular weight excluding hydrogens is 192 g/mol. The molecule has 1 aromatic carbocycles. The summed E-state index contributed by atoms with van der Waals surface area (Å²) in [5, 5.41) is 9.79. The van der Waals surface area contributed by atoms with E-state index in [1.54, 1.807) is 6.07 Å². The van der Waals surface area contributed by atoms with Gasteiger partial charge in [-0.15, -0.1) is 0 Å². The summed E-state index contributed by atoms with van der Waals surface area (Å²) in [6, 6.07) is 5.46. The van der Waals surface area contributed by atoms with Crippen LogP contribution in [0.2, 0.25) is 0 Å². The first-order valence-corrected chi connectivity index (χ1v) is 5.20. The van der Waals surface area contributed by atoms with Crippen molar-refractivity contribution >= 4 is 5.97 Å². The molecule has 80 valence electrons. The molecule has 15 heavy (non-hydrogen) atoms. The van der Waals surface area contributed by atoms with Crippen LogP contribution in [0, 0.1) is 0 Å². The second-order valence-electron chi connectivity index (χ2n) is 3.80. The van der Waals surface area contributed by atoms with Gasteiger partial charge in [-0.2, -0.15) is 0 Å². The van der Waals surface area contributed by atoms with E-state index in [4.69, 9.17) is 4.74 Å². The van der Waals surface area contributed by atoms with Crippen molar-refractivity contribution in [2.45, 2.75) is 32.5 Å². The molecular formula is C12H14O3. The Hall–Kier alpha value is -1.35. The van der Waals surface area contributed by atoms with E-state index in [-0.39, 0.29) is 5.97 Å². The summed E-state index contributed by atoms with van der Waals surface area (Å²) >= 11 is 0. The van der Waals surface area contributed by atoms with Crippen molar-refractivity contribution in [1.82, 2.24) is 0 Å². The van der Waals surface area contributed by atoms with Gasteiger partial charge in [0.2, 0.25) is 0 Å². The zero-order valence-electron chi connectivity index (χ0n) is 8.69. The van der Waals surface area contributed by atoms with Crippen molar-refractivity contribution in [3.8, 4) is 0 Å². The number of esters is 1. The van der Waals surface area contributed by atoms with Crippen LogP contribution in [0.1, 0.15) is 47.4 Å². The summed E-state index contributed by atoms with van der Waals surface area (Å²) in [7, 11) is 0. The van der Waals surface area contributed by atoms with E-state index in [0.29, 0.717) is 18.6 Å². The van der Waals surface area contributed by atoms with Crippen LogP contribution in [0.5, 0.6) is 0 Å². The predicted octanol–water partition coefficient (Wildman–Crippen LogP) is 2.19. The third kappa shape index (κ3) is 1.88. The van der Waals surface area contributed by atoms with Gasteiger partial charge in [0.25, 0.3) is 0 Å². The maximum Gasteiger partial charge on any atom is 0.338 e. The number of aliphatic hydroxyl groups excluding tert-OH is 1. The number of fused-ring (bicyclic) bond motifs is 1. The summed E-state index contributed by atoms with van der Waals surface area (Å²) < 4.78 is 4.90. The molecule has 0 radical (unpaired) electrons. The first-order valence-electron chi connectivity index (χ1n) is 5.20. The van der Waals surface area contributed by atoms with Gasteiger partial charge in [-0.05, 0) is 18.1 Å². The zero-order valence-corrected chi connectivity index (χ0v) is 8.69. The van der Waals surface area contributed by atoms with Crippen molar-refractivity contribution in [3.05, 3.63) is 34.9 Å². The molecule has 1 aliphatic rings. The fourth-order valence-corrected chi connectivity index (χ4v) is 1.78. The van der Waals surface area contributed by atoms with Gasteiger partial charge >= 0.3 is 5.97 Å². The lowest BCUT2D eigenvalue weighted by molar-refractivity contribution is 0.0535. The number of cyclic esters (lactones) is 1. The van der Waals surface area contributed by atoms with Gasteiger partial charge in [0.1, 0.15) is 6.61 Å². The number of ether oxygens (including phenoxy) is 1. The highest BCUT2D eigenvalue weighted by molar-refractivity contribution is 5.93. The fourth-order valence-electron chi connectivity index (χ4n) is 1.78. The molecule has 1 N–H and O–H groups in total. The van der Waals surface area contributed by atoms with Crippen LogP contribution in [0.4, 0.5) is 0 Å². The molecule has 0 bridgehead atoms. The van der Waals surface area contributed by atoms with Crippen LogP contribution < -0.4 is 0 Å². The lowest BCUT2D eigenvalue weighted by atomic mass is 10.0. The molecule has 1 heterocycles. The molecule has 0 amide bonds. The smallest absolute Gasteiger partial charge is 0.338 e.